The van der Waals surface area contributed by atoms with Gasteiger partial charge in [-0.1, -0.05) is 18.5 Å². The summed E-state index contributed by atoms with van der Waals surface area (Å²) in [4.78, 5) is 14.5. The molecule has 3 aromatic rings. The number of hydrogen-bond donors (Lipinski definition) is 2. The molecule has 5 nitrogen and oxygen atoms in total. The van der Waals surface area contributed by atoms with Gasteiger partial charge in [-0.15, -0.1) is 46.7 Å². The highest BCUT2D eigenvalue weighted by atomic mass is 127. The predicted molar refractivity (Wildman–Crippen MR) is 119 cm³/mol. The Labute approximate surface area is 177 Å². The van der Waals surface area contributed by atoms with Gasteiger partial charge in [-0.3, -0.25) is 4.99 Å². The maximum atomic E-state index is 6.00. The molecule has 134 valence electrons. The molecule has 1 aromatic carbocycles. The maximum absolute atomic E-state index is 6.00. The van der Waals surface area contributed by atoms with Crippen LogP contribution in [0.25, 0.3) is 10.2 Å². The molecule has 0 saturated carbocycles. The minimum Gasteiger partial charge on any atom is -0.350 e. The Kier molecular flexibility index (Phi) is 7.85. The number of hydrogen-bond acceptors (Lipinski definition) is 5. The highest BCUT2D eigenvalue weighted by Crippen LogP contribution is 2.24. The molecule has 2 heterocycles. The second-order valence-corrected chi connectivity index (χ2v) is 7.82. The fourth-order valence-corrected chi connectivity index (χ4v) is 4.01. The van der Waals surface area contributed by atoms with E-state index in [1.807, 2.05) is 24.4 Å². The van der Waals surface area contributed by atoms with Gasteiger partial charge in [-0.2, -0.15) is 0 Å². The number of halogens is 2. The summed E-state index contributed by atoms with van der Waals surface area (Å²) in [5, 5.41) is 9.33. The summed E-state index contributed by atoms with van der Waals surface area (Å²) in [6.45, 7) is 3.42. The topological polar surface area (TPSA) is 62.2 Å². The number of nitrogens with one attached hydrogen (secondary N) is 2. The molecule has 0 bridgehead atoms. The van der Waals surface area contributed by atoms with Crippen LogP contribution >= 0.6 is 58.3 Å². The lowest BCUT2D eigenvalue weighted by molar-refractivity contribution is 0.802. The van der Waals surface area contributed by atoms with Crippen molar-refractivity contribution in [2.45, 2.75) is 26.4 Å². The number of rotatable bonds is 5. The highest BCUT2D eigenvalue weighted by Gasteiger charge is 2.06. The molecule has 0 unspecified atom stereocenters. The summed E-state index contributed by atoms with van der Waals surface area (Å²) in [7, 11) is 1.76. The van der Waals surface area contributed by atoms with Crippen molar-refractivity contribution in [3.05, 3.63) is 44.3 Å². The Bertz CT molecular complexity index is 861. The smallest absolute Gasteiger partial charge is 0.191 e. The van der Waals surface area contributed by atoms with Gasteiger partial charge in [0.1, 0.15) is 10.0 Å². The summed E-state index contributed by atoms with van der Waals surface area (Å²) in [5.74, 6) is 0.737. The van der Waals surface area contributed by atoms with Gasteiger partial charge in [-0.05, 0) is 24.6 Å². The van der Waals surface area contributed by atoms with Crippen LogP contribution in [0.2, 0.25) is 5.02 Å². The van der Waals surface area contributed by atoms with Gasteiger partial charge >= 0.3 is 0 Å². The zero-order chi connectivity index (χ0) is 16.9. The third-order valence-corrected chi connectivity index (χ3v) is 5.79. The number of thiazole rings is 2. The first-order valence-electron chi connectivity index (χ1n) is 7.61. The number of nitrogens with zero attached hydrogens (tertiary/aromatic N) is 3. The molecular weight excluding hydrogens is 489 g/mol. The van der Waals surface area contributed by atoms with E-state index in [-0.39, 0.29) is 24.0 Å². The normalized spacial score (nSPS) is 11.4. The Morgan fingerprint density at radius 1 is 1.20 bits per heavy atom. The second kappa shape index (κ2) is 9.65. The third kappa shape index (κ3) is 5.50. The lowest BCUT2D eigenvalue weighted by atomic mass is 10.3. The van der Waals surface area contributed by atoms with E-state index < -0.39 is 0 Å². The van der Waals surface area contributed by atoms with Gasteiger partial charge in [-0.25, -0.2) is 9.97 Å². The fraction of sp³-hybridized carbons (Fsp3) is 0.312. The van der Waals surface area contributed by atoms with Crippen LogP contribution in [0.5, 0.6) is 0 Å². The van der Waals surface area contributed by atoms with Crippen molar-refractivity contribution in [1.82, 2.24) is 20.6 Å². The van der Waals surface area contributed by atoms with Gasteiger partial charge in [0.25, 0.3) is 0 Å². The average Bonchev–Trinajstić information content (AvgIpc) is 3.20. The lowest BCUT2D eigenvalue weighted by Crippen LogP contribution is -2.36. The molecule has 0 aliphatic rings. The second-order valence-electron chi connectivity index (χ2n) is 5.07. The standard InChI is InChI=1S/C16H18ClN5S2.HI/c1-3-11-7-19-14(23-11)8-20-16(18-2)21-9-15-22-12-6-10(17)4-5-13(12)24-15;/h4-7H,3,8-9H2,1-2H3,(H2,18,20,21);1H. The highest BCUT2D eigenvalue weighted by molar-refractivity contribution is 14.0. The van der Waals surface area contributed by atoms with Gasteiger partial charge in [0.15, 0.2) is 5.96 Å². The van der Waals surface area contributed by atoms with Crippen LogP contribution in [0.3, 0.4) is 0 Å². The minimum absolute atomic E-state index is 0. The molecule has 0 radical (unpaired) electrons. The molecule has 0 fully saturated rings. The number of aryl methyl sites for hydroxylation is 1. The van der Waals surface area contributed by atoms with E-state index in [0.29, 0.717) is 18.1 Å². The zero-order valence-electron chi connectivity index (χ0n) is 13.9. The van der Waals surface area contributed by atoms with Crippen LogP contribution in [-0.2, 0) is 19.5 Å². The molecule has 0 amide bonds. The van der Waals surface area contributed by atoms with E-state index in [4.69, 9.17) is 11.6 Å². The average molecular weight is 508 g/mol. The van der Waals surface area contributed by atoms with Crippen molar-refractivity contribution in [3.8, 4) is 0 Å². The van der Waals surface area contributed by atoms with E-state index in [1.165, 1.54) is 4.88 Å². The monoisotopic (exact) mass is 507 g/mol. The minimum atomic E-state index is 0. The molecule has 0 spiro atoms. The largest absolute Gasteiger partial charge is 0.350 e. The number of benzene rings is 1. The Hall–Kier alpha value is -0.970. The van der Waals surface area contributed by atoms with E-state index in [0.717, 1.165) is 32.6 Å². The first-order chi connectivity index (χ1) is 11.7. The predicted octanol–water partition coefficient (Wildman–Crippen LogP) is 4.45. The maximum Gasteiger partial charge on any atom is 0.191 e. The molecular formula is C16H19ClIN5S2. The SMILES string of the molecule is CCc1cnc(CNC(=NC)NCc2nc3cc(Cl)ccc3s2)s1.I. The van der Waals surface area contributed by atoms with Crippen molar-refractivity contribution < 1.29 is 0 Å². The summed E-state index contributed by atoms with van der Waals surface area (Å²) < 4.78 is 1.13. The van der Waals surface area contributed by atoms with Crippen LogP contribution in [0.15, 0.2) is 29.4 Å². The van der Waals surface area contributed by atoms with Crippen LogP contribution in [-0.4, -0.2) is 23.0 Å². The Morgan fingerprint density at radius 3 is 2.64 bits per heavy atom. The van der Waals surface area contributed by atoms with Gasteiger partial charge in [0, 0.05) is 23.1 Å². The van der Waals surface area contributed by atoms with Crippen molar-refractivity contribution >= 4 is 74.4 Å². The van der Waals surface area contributed by atoms with Gasteiger partial charge in [0.05, 0.1) is 23.3 Å². The van der Waals surface area contributed by atoms with Crippen molar-refractivity contribution in [2.24, 2.45) is 4.99 Å². The molecule has 9 heteroatoms. The van der Waals surface area contributed by atoms with E-state index in [2.05, 4.69) is 32.5 Å². The molecule has 0 atom stereocenters. The molecule has 0 saturated heterocycles. The zero-order valence-corrected chi connectivity index (χ0v) is 18.6. The quantitative estimate of drug-likeness (QED) is 0.304. The van der Waals surface area contributed by atoms with E-state index >= 15 is 0 Å². The van der Waals surface area contributed by atoms with Gasteiger partial charge in [0.2, 0.25) is 0 Å². The van der Waals surface area contributed by atoms with Crippen molar-refractivity contribution in [2.75, 3.05) is 7.05 Å². The van der Waals surface area contributed by atoms with Crippen LogP contribution in [0.1, 0.15) is 21.8 Å². The number of fused-ring (bicyclic) bond motifs is 1. The molecule has 2 N–H and O–H groups in total. The molecule has 0 aliphatic carbocycles. The summed E-state index contributed by atoms with van der Waals surface area (Å²) in [6.07, 6.45) is 2.95. The fourth-order valence-electron chi connectivity index (χ4n) is 2.16. The molecule has 3 rings (SSSR count). The summed E-state index contributed by atoms with van der Waals surface area (Å²) >= 11 is 9.38. The lowest BCUT2D eigenvalue weighted by Gasteiger charge is -2.09. The Morgan fingerprint density at radius 2 is 1.96 bits per heavy atom. The van der Waals surface area contributed by atoms with Crippen LogP contribution < -0.4 is 10.6 Å². The van der Waals surface area contributed by atoms with Crippen LogP contribution in [0.4, 0.5) is 0 Å². The number of guanidine groups is 1. The molecule has 2 aromatic heterocycles. The van der Waals surface area contributed by atoms with E-state index in [9.17, 15) is 0 Å². The molecule has 25 heavy (non-hydrogen) atoms. The summed E-state index contributed by atoms with van der Waals surface area (Å²) in [5.41, 5.74) is 0.933. The summed E-state index contributed by atoms with van der Waals surface area (Å²) in [6, 6.07) is 5.77. The van der Waals surface area contributed by atoms with Crippen molar-refractivity contribution in [1.29, 1.82) is 0 Å². The van der Waals surface area contributed by atoms with Crippen LogP contribution in [0, 0.1) is 0 Å². The van der Waals surface area contributed by atoms with Gasteiger partial charge < -0.3 is 10.6 Å². The first kappa shape index (κ1) is 20.3. The number of aliphatic imine (C=N–C) groups is 1. The first-order valence-corrected chi connectivity index (χ1v) is 9.62. The molecule has 0 aliphatic heterocycles. The third-order valence-electron chi connectivity index (χ3n) is 3.38. The van der Waals surface area contributed by atoms with Crippen molar-refractivity contribution in [3.63, 3.8) is 0 Å². The van der Waals surface area contributed by atoms with E-state index in [1.54, 1.807) is 29.7 Å². The number of aromatic nitrogens is 2. The Balaban J connectivity index is 0.00000225.